The van der Waals surface area contributed by atoms with Gasteiger partial charge >= 0.3 is 5.97 Å². The van der Waals surface area contributed by atoms with E-state index in [0.717, 1.165) is 19.3 Å². The molecule has 1 unspecified atom stereocenters. The third-order valence-electron chi connectivity index (χ3n) is 2.43. The number of carbonyl (C=O) groups excluding carboxylic acids is 1. The number of allylic oxidation sites excluding steroid dienone is 1. The number of hydrogen-bond acceptors (Lipinski definition) is 3. The molecule has 0 saturated heterocycles. The normalized spacial score (nSPS) is 13.7. The monoisotopic (exact) mass is 214 g/mol. The average molecular weight is 214 g/mol. The van der Waals surface area contributed by atoms with E-state index < -0.39 is 0 Å². The van der Waals surface area contributed by atoms with Crippen LogP contribution < -0.4 is 0 Å². The number of ether oxygens (including phenoxy) is 1. The largest absolute Gasteiger partial charge is 0.462 e. The van der Waals surface area contributed by atoms with Crippen LogP contribution in [0.2, 0.25) is 0 Å². The fourth-order valence-electron chi connectivity index (χ4n) is 1.15. The maximum absolute atomic E-state index is 11.3. The second-order valence-corrected chi connectivity index (χ2v) is 3.76. The van der Waals surface area contributed by atoms with E-state index in [4.69, 9.17) is 9.84 Å². The standard InChI is InChI=1S/C12H22O3/c1-4-6-7-11(8-13)9-15-12(14)10(3)5-2/h5,11,13H,4,6-9H2,1-3H3. The molecule has 1 atom stereocenters. The van der Waals surface area contributed by atoms with Gasteiger partial charge in [-0.15, -0.1) is 0 Å². The van der Waals surface area contributed by atoms with Crippen LogP contribution in [0.25, 0.3) is 0 Å². The Morgan fingerprint density at radius 1 is 1.53 bits per heavy atom. The van der Waals surface area contributed by atoms with Gasteiger partial charge in [-0.05, 0) is 20.3 Å². The lowest BCUT2D eigenvalue weighted by molar-refractivity contribution is -0.140. The zero-order valence-electron chi connectivity index (χ0n) is 9.95. The molecule has 0 radical (unpaired) electrons. The molecule has 3 heteroatoms. The Morgan fingerprint density at radius 3 is 2.67 bits per heavy atom. The molecule has 0 fully saturated rings. The third-order valence-corrected chi connectivity index (χ3v) is 2.43. The van der Waals surface area contributed by atoms with Crippen molar-refractivity contribution in [1.82, 2.24) is 0 Å². The molecule has 0 aromatic rings. The number of aliphatic hydroxyl groups is 1. The number of unbranched alkanes of at least 4 members (excludes halogenated alkanes) is 1. The Bertz CT molecular complexity index is 209. The Kier molecular flexibility index (Phi) is 8.01. The van der Waals surface area contributed by atoms with E-state index in [9.17, 15) is 4.79 Å². The van der Waals surface area contributed by atoms with Crippen molar-refractivity contribution < 1.29 is 14.6 Å². The average Bonchev–Trinajstić information content (AvgIpc) is 2.27. The minimum atomic E-state index is -0.285. The minimum absolute atomic E-state index is 0.0820. The lowest BCUT2D eigenvalue weighted by Crippen LogP contribution is -2.17. The van der Waals surface area contributed by atoms with Crippen molar-refractivity contribution in [1.29, 1.82) is 0 Å². The summed E-state index contributed by atoms with van der Waals surface area (Å²) in [6.07, 6.45) is 4.79. The zero-order chi connectivity index (χ0) is 11.7. The lowest BCUT2D eigenvalue weighted by Gasteiger charge is -2.13. The summed E-state index contributed by atoms with van der Waals surface area (Å²) in [5.74, 6) is -0.203. The molecule has 15 heavy (non-hydrogen) atoms. The van der Waals surface area contributed by atoms with Crippen molar-refractivity contribution >= 4 is 5.97 Å². The van der Waals surface area contributed by atoms with Crippen molar-refractivity contribution in [3.8, 4) is 0 Å². The van der Waals surface area contributed by atoms with Crippen LogP contribution in [0.3, 0.4) is 0 Å². The van der Waals surface area contributed by atoms with Crippen LogP contribution >= 0.6 is 0 Å². The molecule has 0 heterocycles. The molecule has 0 aromatic carbocycles. The fourth-order valence-corrected chi connectivity index (χ4v) is 1.15. The predicted octanol–water partition coefficient (Wildman–Crippen LogP) is 2.29. The molecule has 3 nitrogen and oxygen atoms in total. The Morgan fingerprint density at radius 2 is 2.20 bits per heavy atom. The Labute approximate surface area is 92.1 Å². The molecule has 0 saturated carbocycles. The summed E-state index contributed by atoms with van der Waals surface area (Å²) in [4.78, 5) is 11.3. The molecule has 0 aliphatic rings. The van der Waals surface area contributed by atoms with Crippen molar-refractivity contribution in [3.63, 3.8) is 0 Å². The molecule has 0 amide bonds. The van der Waals surface area contributed by atoms with E-state index in [1.54, 1.807) is 19.9 Å². The summed E-state index contributed by atoms with van der Waals surface area (Å²) in [6, 6.07) is 0. The first-order valence-corrected chi connectivity index (χ1v) is 5.56. The number of hydrogen-bond donors (Lipinski definition) is 1. The summed E-state index contributed by atoms with van der Waals surface area (Å²) in [6.45, 7) is 6.03. The molecule has 0 aliphatic carbocycles. The van der Waals surface area contributed by atoms with Crippen LogP contribution in [0, 0.1) is 5.92 Å². The number of carbonyl (C=O) groups is 1. The van der Waals surface area contributed by atoms with E-state index in [-0.39, 0.29) is 18.5 Å². The van der Waals surface area contributed by atoms with Crippen LogP contribution in [0.4, 0.5) is 0 Å². The molecule has 0 spiro atoms. The van der Waals surface area contributed by atoms with E-state index in [0.29, 0.717) is 12.2 Å². The number of aliphatic hydroxyl groups excluding tert-OH is 1. The van der Waals surface area contributed by atoms with Gasteiger partial charge in [0, 0.05) is 18.1 Å². The summed E-state index contributed by atoms with van der Waals surface area (Å²) < 4.78 is 5.08. The Balaban J connectivity index is 3.84. The zero-order valence-corrected chi connectivity index (χ0v) is 9.95. The van der Waals surface area contributed by atoms with Gasteiger partial charge in [-0.1, -0.05) is 25.8 Å². The summed E-state index contributed by atoms with van der Waals surface area (Å²) in [5.41, 5.74) is 0.613. The first kappa shape index (κ1) is 14.2. The van der Waals surface area contributed by atoms with Gasteiger partial charge in [-0.2, -0.15) is 0 Å². The van der Waals surface area contributed by atoms with Crippen molar-refractivity contribution in [2.45, 2.75) is 40.0 Å². The fraction of sp³-hybridized carbons (Fsp3) is 0.750. The second kappa shape index (κ2) is 8.48. The van der Waals surface area contributed by atoms with Gasteiger partial charge in [-0.25, -0.2) is 4.79 Å². The molecule has 88 valence electrons. The topological polar surface area (TPSA) is 46.5 Å². The third kappa shape index (κ3) is 6.28. The number of rotatable bonds is 7. The van der Waals surface area contributed by atoms with Gasteiger partial charge < -0.3 is 9.84 Å². The van der Waals surface area contributed by atoms with Crippen molar-refractivity contribution in [2.24, 2.45) is 5.92 Å². The highest BCUT2D eigenvalue weighted by Crippen LogP contribution is 2.09. The smallest absolute Gasteiger partial charge is 0.333 e. The van der Waals surface area contributed by atoms with Gasteiger partial charge in [-0.3, -0.25) is 0 Å². The minimum Gasteiger partial charge on any atom is -0.462 e. The van der Waals surface area contributed by atoms with Crippen molar-refractivity contribution in [3.05, 3.63) is 11.6 Å². The van der Waals surface area contributed by atoms with Crippen LogP contribution in [0.15, 0.2) is 11.6 Å². The first-order chi connectivity index (χ1) is 7.15. The van der Waals surface area contributed by atoms with Gasteiger partial charge in [0.05, 0.1) is 6.61 Å². The summed E-state index contributed by atoms with van der Waals surface area (Å²) in [7, 11) is 0. The molecular weight excluding hydrogens is 192 g/mol. The highest BCUT2D eigenvalue weighted by molar-refractivity contribution is 5.87. The SMILES string of the molecule is CC=C(C)C(=O)OCC(CO)CCCC. The predicted molar refractivity (Wildman–Crippen MR) is 60.5 cm³/mol. The molecule has 0 bridgehead atoms. The molecule has 1 N–H and O–H groups in total. The van der Waals surface area contributed by atoms with Gasteiger partial charge in [0.25, 0.3) is 0 Å². The summed E-state index contributed by atoms with van der Waals surface area (Å²) in [5, 5.41) is 9.06. The molecule has 0 aliphatic heterocycles. The van der Waals surface area contributed by atoms with Gasteiger partial charge in [0.1, 0.15) is 0 Å². The highest BCUT2D eigenvalue weighted by Gasteiger charge is 2.11. The van der Waals surface area contributed by atoms with Crippen LogP contribution in [0.5, 0.6) is 0 Å². The van der Waals surface area contributed by atoms with Gasteiger partial charge in [0.2, 0.25) is 0 Å². The van der Waals surface area contributed by atoms with E-state index in [2.05, 4.69) is 6.92 Å². The van der Waals surface area contributed by atoms with E-state index >= 15 is 0 Å². The quantitative estimate of drug-likeness (QED) is 0.522. The highest BCUT2D eigenvalue weighted by atomic mass is 16.5. The summed E-state index contributed by atoms with van der Waals surface area (Å²) >= 11 is 0. The Hall–Kier alpha value is -0.830. The maximum atomic E-state index is 11.3. The second-order valence-electron chi connectivity index (χ2n) is 3.76. The van der Waals surface area contributed by atoms with Crippen LogP contribution in [-0.2, 0) is 9.53 Å². The number of esters is 1. The van der Waals surface area contributed by atoms with Crippen molar-refractivity contribution in [2.75, 3.05) is 13.2 Å². The van der Waals surface area contributed by atoms with Gasteiger partial charge in [0.15, 0.2) is 0 Å². The molecule has 0 aromatic heterocycles. The van der Waals surface area contributed by atoms with Crippen LogP contribution in [-0.4, -0.2) is 24.3 Å². The van der Waals surface area contributed by atoms with E-state index in [1.165, 1.54) is 0 Å². The first-order valence-electron chi connectivity index (χ1n) is 5.56. The lowest BCUT2D eigenvalue weighted by atomic mass is 10.0. The molecule has 0 rings (SSSR count). The molecular formula is C12H22O3. The maximum Gasteiger partial charge on any atom is 0.333 e. The van der Waals surface area contributed by atoms with Crippen LogP contribution in [0.1, 0.15) is 40.0 Å². The van der Waals surface area contributed by atoms with E-state index in [1.807, 2.05) is 0 Å².